The van der Waals surface area contributed by atoms with E-state index in [2.05, 4.69) is 0 Å². The van der Waals surface area contributed by atoms with E-state index in [0.717, 1.165) is 23.9 Å². The van der Waals surface area contributed by atoms with Gasteiger partial charge in [0.2, 0.25) is 15.9 Å². The predicted molar refractivity (Wildman–Crippen MR) is 103 cm³/mol. The van der Waals surface area contributed by atoms with Crippen molar-refractivity contribution >= 4 is 27.7 Å². The fraction of sp³-hybridized carbons (Fsp3) is 0.316. The first kappa shape index (κ1) is 20.8. The summed E-state index contributed by atoms with van der Waals surface area (Å²) >= 11 is 1.14. The molecule has 1 fully saturated rings. The van der Waals surface area contributed by atoms with Gasteiger partial charge in [0, 0.05) is 31.1 Å². The molecule has 0 bridgehead atoms. The Kier molecular flexibility index (Phi) is 6.36. The zero-order valence-electron chi connectivity index (χ0n) is 15.2. The Hall–Kier alpha value is -1.97. The summed E-state index contributed by atoms with van der Waals surface area (Å²) < 4.78 is 53.0. The Labute approximate surface area is 167 Å². The molecule has 0 aromatic heterocycles. The molecule has 0 spiro atoms. The van der Waals surface area contributed by atoms with Crippen LogP contribution in [0.5, 0.6) is 0 Å². The van der Waals surface area contributed by atoms with E-state index >= 15 is 0 Å². The highest BCUT2D eigenvalue weighted by molar-refractivity contribution is 8.00. The van der Waals surface area contributed by atoms with Crippen LogP contribution in [0.2, 0.25) is 0 Å². The van der Waals surface area contributed by atoms with Crippen LogP contribution in [0.3, 0.4) is 0 Å². The molecule has 1 atom stereocenters. The third kappa shape index (κ3) is 4.53. The highest BCUT2D eigenvalue weighted by atomic mass is 32.2. The molecule has 0 N–H and O–H groups in total. The van der Waals surface area contributed by atoms with Crippen LogP contribution in [0.25, 0.3) is 0 Å². The van der Waals surface area contributed by atoms with Crippen LogP contribution in [0.15, 0.2) is 58.3 Å². The molecule has 2 aromatic carbocycles. The average Bonchev–Trinajstić information content (AvgIpc) is 2.71. The lowest BCUT2D eigenvalue weighted by atomic mass is 10.3. The Morgan fingerprint density at radius 1 is 1.00 bits per heavy atom. The van der Waals surface area contributed by atoms with Gasteiger partial charge in [0.1, 0.15) is 0 Å². The van der Waals surface area contributed by atoms with Crippen molar-refractivity contribution in [3.63, 3.8) is 0 Å². The maximum Gasteiger partial charge on any atom is 0.243 e. The number of thioether (sulfide) groups is 1. The van der Waals surface area contributed by atoms with Crippen LogP contribution in [-0.2, 0) is 14.8 Å². The van der Waals surface area contributed by atoms with Gasteiger partial charge in [0.15, 0.2) is 11.6 Å². The van der Waals surface area contributed by atoms with E-state index in [4.69, 9.17) is 0 Å². The van der Waals surface area contributed by atoms with Gasteiger partial charge in [-0.05, 0) is 37.3 Å². The van der Waals surface area contributed by atoms with E-state index in [-0.39, 0.29) is 37.0 Å². The summed E-state index contributed by atoms with van der Waals surface area (Å²) in [5.41, 5.74) is 0. The lowest BCUT2D eigenvalue weighted by molar-refractivity contribution is -0.131. The van der Waals surface area contributed by atoms with Crippen molar-refractivity contribution in [2.75, 3.05) is 26.2 Å². The largest absolute Gasteiger partial charge is 0.339 e. The second-order valence-electron chi connectivity index (χ2n) is 6.38. The van der Waals surface area contributed by atoms with Gasteiger partial charge in [-0.3, -0.25) is 4.79 Å². The number of carbonyl (C=O) groups excluding carboxylic acids is 1. The lowest BCUT2D eigenvalue weighted by Gasteiger charge is -2.35. The summed E-state index contributed by atoms with van der Waals surface area (Å²) in [6.07, 6.45) is 0. The molecule has 1 unspecified atom stereocenters. The van der Waals surface area contributed by atoms with Gasteiger partial charge < -0.3 is 4.90 Å². The van der Waals surface area contributed by atoms with Crippen molar-refractivity contribution in [3.8, 4) is 0 Å². The van der Waals surface area contributed by atoms with Gasteiger partial charge in [0.05, 0.1) is 10.1 Å². The molecular formula is C19H20F2N2O3S2. The predicted octanol–water partition coefficient (Wildman–Crippen LogP) is 2.98. The number of carbonyl (C=O) groups is 1. The van der Waals surface area contributed by atoms with Crippen molar-refractivity contribution in [2.45, 2.75) is 22.0 Å². The van der Waals surface area contributed by atoms with Crippen molar-refractivity contribution < 1.29 is 22.0 Å². The first-order valence-corrected chi connectivity index (χ1v) is 11.1. The van der Waals surface area contributed by atoms with E-state index in [0.29, 0.717) is 4.90 Å². The van der Waals surface area contributed by atoms with Gasteiger partial charge in [-0.15, -0.1) is 11.8 Å². The Morgan fingerprint density at radius 3 is 2.25 bits per heavy atom. The number of benzene rings is 2. The molecule has 28 heavy (non-hydrogen) atoms. The monoisotopic (exact) mass is 426 g/mol. The Balaban J connectivity index is 1.59. The standard InChI is InChI=1S/C19H20F2N2O3S2/c1-14(27-15-7-8-17(20)18(21)13-15)19(24)22-9-11-23(12-10-22)28(25,26)16-5-3-2-4-6-16/h2-8,13-14H,9-12H2,1H3. The van der Waals surface area contributed by atoms with Gasteiger partial charge in [0.25, 0.3) is 0 Å². The summed E-state index contributed by atoms with van der Waals surface area (Å²) in [6, 6.07) is 11.7. The van der Waals surface area contributed by atoms with Crippen LogP contribution >= 0.6 is 11.8 Å². The minimum atomic E-state index is -3.58. The summed E-state index contributed by atoms with van der Waals surface area (Å²) in [5, 5.41) is -0.498. The highest BCUT2D eigenvalue weighted by Gasteiger charge is 2.31. The molecule has 2 aromatic rings. The Bertz CT molecular complexity index is 947. The minimum Gasteiger partial charge on any atom is -0.339 e. The van der Waals surface area contributed by atoms with Crippen molar-refractivity contribution in [2.24, 2.45) is 0 Å². The van der Waals surface area contributed by atoms with Crippen LogP contribution in [0, 0.1) is 11.6 Å². The number of hydrogen-bond donors (Lipinski definition) is 0. The fourth-order valence-electron chi connectivity index (χ4n) is 2.95. The lowest BCUT2D eigenvalue weighted by Crippen LogP contribution is -2.52. The molecule has 0 radical (unpaired) electrons. The van der Waals surface area contributed by atoms with Crippen LogP contribution in [-0.4, -0.2) is 55.0 Å². The van der Waals surface area contributed by atoms with E-state index in [1.54, 1.807) is 42.2 Å². The topological polar surface area (TPSA) is 57.7 Å². The molecule has 1 amide bonds. The molecule has 150 valence electrons. The SMILES string of the molecule is CC(Sc1ccc(F)c(F)c1)C(=O)N1CCN(S(=O)(=O)c2ccccc2)CC1. The first-order valence-electron chi connectivity index (χ1n) is 8.75. The van der Waals surface area contributed by atoms with Gasteiger partial charge in [-0.1, -0.05) is 18.2 Å². The number of halogens is 2. The Morgan fingerprint density at radius 2 is 1.64 bits per heavy atom. The minimum absolute atomic E-state index is 0.161. The fourth-order valence-corrected chi connectivity index (χ4v) is 5.37. The molecule has 1 heterocycles. The molecule has 1 aliphatic heterocycles. The number of piperazine rings is 1. The number of sulfonamides is 1. The average molecular weight is 427 g/mol. The number of hydrogen-bond acceptors (Lipinski definition) is 4. The second-order valence-corrected chi connectivity index (χ2v) is 9.73. The van der Waals surface area contributed by atoms with Crippen LogP contribution in [0.4, 0.5) is 8.78 Å². The smallest absolute Gasteiger partial charge is 0.243 e. The third-order valence-electron chi connectivity index (χ3n) is 4.48. The summed E-state index contributed by atoms with van der Waals surface area (Å²) in [5.74, 6) is -2.05. The van der Waals surface area contributed by atoms with Crippen molar-refractivity contribution in [3.05, 3.63) is 60.2 Å². The number of rotatable bonds is 5. The highest BCUT2D eigenvalue weighted by Crippen LogP contribution is 2.26. The van der Waals surface area contributed by atoms with E-state index in [9.17, 15) is 22.0 Å². The van der Waals surface area contributed by atoms with Gasteiger partial charge >= 0.3 is 0 Å². The maximum atomic E-state index is 13.3. The van der Waals surface area contributed by atoms with E-state index < -0.39 is 26.9 Å². The normalized spacial score (nSPS) is 16.8. The van der Waals surface area contributed by atoms with Crippen LogP contribution in [0.1, 0.15) is 6.92 Å². The maximum absolute atomic E-state index is 13.3. The summed E-state index contributed by atoms with van der Waals surface area (Å²) in [6.45, 7) is 2.69. The summed E-state index contributed by atoms with van der Waals surface area (Å²) in [4.78, 5) is 15.0. The molecular weight excluding hydrogens is 406 g/mol. The van der Waals surface area contributed by atoms with Crippen molar-refractivity contribution in [1.29, 1.82) is 0 Å². The van der Waals surface area contributed by atoms with E-state index in [1.807, 2.05) is 0 Å². The van der Waals surface area contributed by atoms with Gasteiger partial charge in [-0.2, -0.15) is 4.31 Å². The molecule has 3 rings (SSSR count). The number of nitrogens with zero attached hydrogens (tertiary/aromatic N) is 2. The van der Waals surface area contributed by atoms with Crippen LogP contribution < -0.4 is 0 Å². The van der Waals surface area contributed by atoms with Crippen molar-refractivity contribution in [1.82, 2.24) is 9.21 Å². The third-order valence-corrected chi connectivity index (χ3v) is 7.48. The zero-order valence-corrected chi connectivity index (χ0v) is 16.8. The second kappa shape index (κ2) is 8.59. The number of amides is 1. The molecule has 1 aliphatic rings. The molecule has 9 heteroatoms. The molecule has 0 saturated carbocycles. The first-order chi connectivity index (χ1) is 13.3. The molecule has 5 nitrogen and oxygen atoms in total. The van der Waals surface area contributed by atoms with E-state index in [1.165, 1.54) is 10.4 Å². The molecule has 1 saturated heterocycles. The van der Waals surface area contributed by atoms with Gasteiger partial charge in [-0.25, -0.2) is 17.2 Å². The summed E-state index contributed by atoms with van der Waals surface area (Å²) in [7, 11) is -3.58. The quantitative estimate of drug-likeness (QED) is 0.690. The zero-order chi connectivity index (χ0) is 20.3. The molecule has 0 aliphatic carbocycles.